The molecule has 0 saturated carbocycles. The molecule has 2 saturated heterocycles. The summed E-state index contributed by atoms with van der Waals surface area (Å²) in [7, 11) is 0. The van der Waals surface area contributed by atoms with E-state index in [1.807, 2.05) is 33.7 Å². The zero-order chi connectivity index (χ0) is 23.1. The first-order valence-electron chi connectivity index (χ1n) is 12.1. The molecule has 11 heteroatoms. The molecule has 194 valence electrons. The van der Waals surface area contributed by atoms with Crippen LogP contribution in [-0.4, -0.2) is 64.8 Å². The van der Waals surface area contributed by atoms with Crippen molar-refractivity contribution in [1.29, 1.82) is 0 Å². The Morgan fingerprint density at radius 2 is 1.83 bits per heavy atom. The molecular weight excluding hydrogens is 523 g/mol. The van der Waals surface area contributed by atoms with Crippen molar-refractivity contribution in [3.8, 4) is 0 Å². The van der Waals surface area contributed by atoms with E-state index in [1.54, 1.807) is 6.20 Å². The minimum absolute atomic E-state index is 0. The molecule has 0 radical (unpaired) electrons. The number of piperidine rings is 1. The van der Waals surface area contributed by atoms with E-state index in [-0.39, 0.29) is 36.1 Å². The highest BCUT2D eigenvalue weighted by Crippen LogP contribution is 2.46. The lowest BCUT2D eigenvalue weighted by atomic mass is 9.77. The van der Waals surface area contributed by atoms with Gasteiger partial charge in [0.05, 0.1) is 25.1 Å². The fourth-order valence-electron chi connectivity index (χ4n) is 5.63. The van der Waals surface area contributed by atoms with Gasteiger partial charge in [-0.25, -0.2) is 4.98 Å². The lowest BCUT2D eigenvalue weighted by Crippen LogP contribution is -2.40. The monoisotopic (exact) mass is 552 g/mol. The summed E-state index contributed by atoms with van der Waals surface area (Å²) < 4.78 is 7.20. The molecular formula is C25H31Cl3N6O2. The number of hydrogen-bond acceptors (Lipinski definition) is 6. The second kappa shape index (κ2) is 11.1. The standard InChI is InChI=1S/C25H29ClN6O2.2ClH/c26-20-16-29-32-22(19-5-6-25(7-9-27-10-8-25)21(19)30-23(20)32)28-15-17-1-3-18(4-2-17)24(33)31-11-13-34-14-12-31;;/h1-4,16,27-28H,5-15H2;2*1H. The molecule has 2 fully saturated rings. The quantitative estimate of drug-likeness (QED) is 0.510. The van der Waals surface area contributed by atoms with Gasteiger partial charge in [0.15, 0.2) is 5.65 Å². The van der Waals surface area contributed by atoms with E-state index in [2.05, 4.69) is 15.7 Å². The SMILES string of the molecule is Cl.Cl.O=C(c1ccc(CNc2c3c(nc4c(Cl)cnn24)C2(CCNCC2)CC3)cc1)N1CCOCC1. The molecule has 3 aliphatic rings. The number of nitrogens with zero attached hydrogens (tertiary/aromatic N) is 4. The number of carbonyl (C=O) groups is 1. The first-order valence-corrected chi connectivity index (χ1v) is 12.5. The van der Waals surface area contributed by atoms with Gasteiger partial charge in [-0.15, -0.1) is 24.8 Å². The summed E-state index contributed by atoms with van der Waals surface area (Å²) in [6.45, 7) is 5.19. The first kappa shape index (κ1) is 26.9. The summed E-state index contributed by atoms with van der Waals surface area (Å²) in [5, 5.41) is 12.2. The summed E-state index contributed by atoms with van der Waals surface area (Å²) in [4.78, 5) is 19.6. The highest BCUT2D eigenvalue weighted by atomic mass is 35.5. The van der Waals surface area contributed by atoms with Gasteiger partial charge in [0.25, 0.3) is 5.91 Å². The van der Waals surface area contributed by atoms with E-state index in [4.69, 9.17) is 21.3 Å². The van der Waals surface area contributed by atoms with Crippen molar-refractivity contribution in [1.82, 2.24) is 24.8 Å². The van der Waals surface area contributed by atoms with Crippen molar-refractivity contribution in [3.05, 3.63) is 57.9 Å². The number of carbonyl (C=O) groups excluding carboxylic acids is 1. The fraction of sp³-hybridized carbons (Fsp3) is 0.480. The van der Waals surface area contributed by atoms with E-state index >= 15 is 0 Å². The Morgan fingerprint density at radius 3 is 2.56 bits per heavy atom. The summed E-state index contributed by atoms with van der Waals surface area (Å²) in [6, 6.07) is 7.86. The Kier molecular flexibility index (Phi) is 8.32. The molecule has 2 aromatic heterocycles. The van der Waals surface area contributed by atoms with Gasteiger partial charge in [-0.3, -0.25) is 4.79 Å². The van der Waals surface area contributed by atoms with Gasteiger partial charge in [0.2, 0.25) is 0 Å². The molecule has 1 aromatic carbocycles. The smallest absolute Gasteiger partial charge is 0.254 e. The van der Waals surface area contributed by atoms with Crippen LogP contribution in [0.4, 0.5) is 5.82 Å². The van der Waals surface area contributed by atoms with Crippen molar-refractivity contribution < 1.29 is 9.53 Å². The third-order valence-electron chi connectivity index (χ3n) is 7.58. The van der Waals surface area contributed by atoms with Crippen molar-refractivity contribution in [2.24, 2.45) is 0 Å². The number of benzene rings is 1. The fourth-order valence-corrected chi connectivity index (χ4v) is 5.80. The van der Waals surface area contributed by atoms with Crippen molar-refractivity contribution in [3.63, 3.8) is 0 Å². The van der Waals surface area contributed by atoms with Crippen LogP contribution in [0.1, 0.15) is 46.4 Å². The van der Waals surface area contributed by atoms with Gasteiger partial charge in [-0.05, 0) is 56.5 Å². The van der Waals surface area contributed by atoms with Crippen molar-refractivity contribution >= 4 is 53.8 Å². The second-order valence-corrected chi connectivity index (χ2v) is 9.91. The van der Waals surface area contributed by atoms with Crippen LogP contribution >= 0.6 is 36.4 Å². The van der Waals surface area contributed by atoms with Crippen LogP contribution in [0, 0.1) is 0 Å². The molecule has 36 heavy (non-hydrogen) atoms. The van der Waals surface area contributed by atoms with Gasteiger partial charge >= 0.3 is 0 Å². The maximum atomic E-state index is 12.7. The highest BCUT2D eigenvalue weighted by Gasteiger charge is 2.43. The minimum Gasteiger partial charge on any atom is -0.378 e. The van der Waals surface area contributed by atoms with Gasteiger partial charge in [0, 0.05) is 36.2 Å². The van der Waals surface area contributed by atoms with E-state index in [1.165, 1.54) is 11.3 Å². The lowest BCUT2D eigenvalue weighted by molar-refractivity contribution is 0.0303. The minimum atomic E-state index is 0. The predicted molar refractivity (Wildman–Crippen MR) is 145 cm³/mol. The molecule has 1 spiro atoms. The summed E-state index contributed by atoms with van der Waals surface area (Å²) >= 11 is 6.47. The maximum absolute atomic E-state index is 12.7. The van der Waals surface area contributed by atoms with Crippen LogP contribution in [-0.2, 0) is 23.1 Å². The number of aromatic nitrogens is 3. The maximum Gasteiger partial charge on any atom is 0.254 e. The third-order valence-corrected chi connectivity index (χ3v) is 7.84. The zero-order valence-electron chi connectivity index (χ0n) is 20.0. The zero-order valence-corrected chi connectivity index (χ0v) is 22.4. The number of amides is 1. The molecule has 4 heterocycles. The normalized spacial score (nSPS) is 18.4. The number of ether oxygens (including phenoxy) is 1. The van der Waals surface area contributed by atoms with Crippen LogP contribution in [0.3, 0.4) is 0 Å². The summed E-state index contributed by atoms with van der Waals surface area (Å²) in [6.07, 6.45) is 5.99. The molecule has 0 bridgehead atoms. The third kappa shape index (κ3) is 4.77. The molecule has 1 aliphatic carbocycles. The predicted octanol–water partition coefficient (Wildman–Crippen LogP) is 3.88. The lowest BCUT2D eigenvalue weighted by Gasteiger charge is -2.34. The second-order valence-electron chi connectivity index (χ2n) is 9.50. The molecule has 6 rings (SSSR count). The Morgan fingerprint density at radius 1 is 1.11 bits per heavy atom. The van der Waals surface area contributed by atoms with E-state index < -0.39 is 0 Å². The number of fused-ring (bicyclic) bond motifs is 3. The molecule has 0 unspecified atom stereocenters. The average Bonchev–Trinajstić information content (AvgIpc) is 3.43. The van der Waals surface area contributed by atoms with E-state index in [0.717, 1.165) is 50.2 Å². The van der Waals surface area contributed by atoms with Crippen molar-refractivity contribution in [2.75, 3.05) is 44.7 Å². The van der Waals surface area contributed by atoms with Crippen LogP contribution in [0.25, 0.3) is 5.65 Å². The van der Waals surface area contributed by atoms with Gasteiger partial charge < -0.3 is 20.3 Å². The molecule has 8 nitrogen and oxygen atoms in total. The van der Waals surface area contributed by atoms with Crippen LogP contribution in [0.5, 0.6) is 0 Å². The number of hydrogen-bond donors (Lipinski definition) is 2. The average molecular weight is 554 g/mol. The Bertz CT molecular complexity index is 1220. The Hall–Kier alpha value is -2.10. The van der Waals surface area contributed by atoms with E-state index in [9.17, 15) is 4.79 Å². The molecule has 1 amide bonds. The topological polar surface area (TPSA) is 83.8 Å². The number of rotatable bonds is 4. The number of halogens is 3. The number of nitrogens with one attached hydrogen (secondary N) is 2. The summed E-state index contributed by atoms with van der Waals surface area (Å²) in [5.74, 6) is 1.05. The van der Waals surface area contributed by atoms with Gasteiger partial charge in [-0.2, -0.15) is 9.61 Å². The van der Waals surface area contributed by atoms with Gasteiger partial charge in [0.1, 0.15) is 10.8 Å². The van der Waals surface area contributed by atoms with Crippen LogP contribution in [0.15, 0.2) is 30.5 Å². The largest absolute Gasteiger partial charge is 0.378 e. The van der Waals surface area contributed by atoms with Crippen LogP contribution < -0.4 is 10.6 Å². The Labute approximate surface area is 227 Å². The van der Waals surface area contributed by atoms with E-state index in [0.29, 0.717) is 49.1 Å². The van der Waals surface area contributed by atoms with Crippen LogP contribution in [0.2, 0.25) is 5.02 Å². The highest BCUT2D eigenvalue weighted by molar-refractivity contribution is 6.33. The van der Waals surface area contributed by atoms with Gasteiger partial charge in [-0.1, -0.05) is 23.7 Å². The summed E-state index contributed by atoms with van der Waals surface area (Å²) in [5.41, 5.74) is 5.11. The molecule has 2 N–H and O–H groups in total. The Balaban J connectivity index is 0.00000152. The molecule has 2 aliphatic heterocycles. The molecule has 3 aromatic rings. The first-order chi connectivity index (χ1) is 16.6. The number of anilines is 1. The molecule has 0 atom stereocenters. The number of morpholine rings is 1. The van der Waals surface area contributed by atoms with Crippen molar-refractivity contribution in [2.45, 2.75) is 37.6 Å².